The second-order valence-corrected chi connectivity index (χ2v) is 6.78. The summed E-state index contributed by atoms with van der Waals surface area (Å²) in [6.07, 6.45) is 3.02. The number of likely N-dealkylation sites (tertiary alicyclic amines) is 1. The van der Waals surface area contributed by atoms with Crippen LogP contribution in [0.4, 0.5) is 0 Å². The maximum atomic E-state index is 12.2. The van der Waals surface area contributed by atoms with Crippen molar-refractivity contribution in [1.29, 1.82) is 0 Å². The number of carbonyl (C=O) groups excluding carboxylic acids is 2. The number of rotatable bonds is 6. The van der Waals surface area contributed by atoms with E-state index >= 15 is 0 Å². The Hall–Kier alpha value is -1.84. The lowest BCUT2D eigenvalue weighted by Gasteiger charge is -2.31. The molecular formula is C19H28N2O2. The third-order valence-electron chi connectivity index (χ3n) is 4.36. The van der Waals surface area contributed by atoms with Gasteiger partial charge in [0.25, 0.3) is 0 Å². The first-order chi connectivity index (χ1) is 11.1. The van der Waals surface area contributed by atoms with Gasteiger partial charge in [0.1, 0.15) is 0 Å². The minimum atomic E-state index is 0.0499. The fraction of sp³-hybridized carbons (Fsp3) is 0.579. The van der Waals surface area contributed by atoms with Gasteiger partial charge in [0.2, 0.25) is 11.8 Å². The topological polar surface area (TPSA) is 49.4 Å². The van der Waals surface area contributed by atoms with Crippen molar-refractivity contribution in [1.82, 2.24) is 10.2 Å². The molecule has 0 aromatic heterocycles. The molecule has 23 heavy (non-hydrogen) atoms. The number of benzene rings is 1. The van der Waals surface area contributed by atoms with E-state index in [0.717, 1.165) is 19.3 Å². The highest BCUT2D eigenvalue weighted by atomic mass is 16.2. The van der Waals surface area contributed by atoms with Crippen molar-refractivity contribution in [2.24, 2.45) is 11.8 Å². The predicted molar refractivity (Wildman–Crippen MR) is 91.9 cm³/mol. The van der Waals surface area contributed by atoms with E-state index in [0.29, 0.717) is 32.0 Å². The Kier molecular flexibility index (Phi) is 6.63. The average Bonchev–Trinajstić information content (AvgIpc) is 2.55. The summed E-state index contributed by atoms with van der Waals surface area (Å²) in [7, 11) is 0. The Bertz CT molecular complexity index is 505. The van der Waals surface area contributed by atoms with Gasteiger partial charge in [-0.25, -0.2) is 0 Å². The SMILES string of the molecule is CC(C)CC(=O)N1CCC(C(=O)NCCc2ccccc2)CC1. The Morgan fingerprint density at radius 2 is 1.83 bits per heavy atom. The van der Waals surface area contributed by atoms with E-state index in [4.69, 9.17) is 0 Å². The number of hydrogen-bond acceptors (Lipinski definition) is 2. The average molecular weight is 316 g/mol. The molecule has 1 saturated heterocycles. The van der Waals surface area contributed by atoms with Gasteiger partial charge in [-0.1, -0.05) is 44.2 Å². The third-order valence-corrected chi connectivity index (χ3v) is 4.36. The summed E-state index contributed by atoms with van der Waals surface area (Å²) in [5, 5.41) is 3.03. The summed E-state index contributed by atoms with van der Waals surface area (Å²) in [6, 6.07) is 10.2. The lowest BCUT2D eigenvalue weighted by atomic mass is 9.95. The molecule has 0 aliphatic carbocycles. The minimum absolute atomic E-state index is 0.0499. The van der Waals surface area contributed by atoms with Gasteiger partial charge in [-0.3, -0.25) is 9.59 Å². The molecule has 2 rings (SSSR count). The van der Waals surface area contributed by atoms with Crippen LogP contribution < -0.4 is 5.32 Å². The predicted octanol–water partition coefficient (Wildman–Crippen LogP) is 2.63. The van der Waals surface area contributed by atoms with E-state index < -0.39 is 0 Å². The smallest absolute Gasteiger partial charge is 0.223 e. The number of amides is 2. The zero-order valence-corrected chi connectivity index (χ0v) is 14.3. The highest BCUT2D eigenvalue weighted by Gasteiger charge is 2.27. The van der Waals surface area contributed by atoms with Crippen LogP contribution in [0.5, 0.6) is 0 Å². The summed E-state index contributed by atoms with van der Waals surface area (Å²) >= 11 is 0. The Morgan fingerprint density at radius 1 is 1.17 bits per heavy atom. The molecule has 1 aromatic rings. The molecule has 1 aliphatic rings. The van der Waals surface area contributed by atoms with Gasteiger partial charge in [0.15, 0.2) is 0 Å². The van der Waals surface area contributed by atoms with Crippen LogP contribution in [0, 0.1) is 11.8 Å². The van der Waals surface area contributed by atoms with E-state index in [1.807, 2.05) is 23.1 Å². The fourth-order valence-electron chi connectivity index (χ4n) is 2.99. The van der Waals surface area contributed by atoms with Crippen LogP contribution in [0.15, 0.2) is 30.3 Å². The quantitative estimate of drug-likeness (QED) is 0.877. The lowest BCUT2D eigenvalue weighted by Crippen LogP contribution is -2.43. The first-order valence-corrected chi connectivity index (χ1v) is 8.65. The van der Waals surface area contributed by atoms with Crippen molar-refractivity contribution >= 4 is 11.8 Å². The molecule has 2 amide bonds. The van der Waals surface area contributed by atoms with Crippen LogP contribution in [-0.2, 0) is 16.0 Å². The molecule has 1 N–H and O–H groups in total. The summed E-state index contributed by atoms with van der Waals surface area (Å²) in [4.78, 5) is 26.2. The Morgan fingerprint density at radius 3 is 2.43 bits per heavy atom. The van der Waals surface area contributed by atoms with Gasteiger partial charge >= 0.3 is 0 Å². The largest absolute Gasteiger partial charge is 0.356 e. The van der Waals surface area contributed by atoms with E-state index in [2.05, 4.69) is 31.3 Å². The van der Waals surface area contributed by atoms with Crippen LogP contribution in [0.25, 0.3) is 0 Å². The molecule has 0 saturated carbocycles. The van der Waals surface area contributed by atoms with E-state index in [1.54, 1.807) is 0 Å². The van der Waals surface area contributed by atoms with Gasteiger partial charge in [-0.05, 0) is 30.7 Å². The number of carbonyl (C=O) groups is 2. The fourth-order valence-corrected chi connectivity index (χ4v) is 2.99. The minimum Gasteiger partial charge on any atom is -0.356 e. The summed E-state index contributed by atoms with van der Waals surface area (Å²) in [6.45, 7) is 6.22. The summed E-state index contributed by atoms with van der Waals surface area (Å²) < 4.78 is 0. The molecule has 0 unspecified atom stereocenters. The van der Waals surface area contributed by atoms with Crippen LogP contribution in [0.2, 0.25) is 0 Å². The Labute approximate surface area is 139 Å². The van der Waals surface area contributed by atoms with Crippen molar-refractivity contribution in [3.63, 3.8) is 0 Å². The zero-order chi connectivity index (χ0) is 16.7. The monoisotopic (exact) mass is 316 g/mol. The first-order valence-electron chi connectivity index (χ1n) is 8.65. The molecule has 4 nitrogen and oxygen atoms in total. The van der Waals surface area contributed by atoms with Crippen LogP contribution in [0.1, 0.15) is 38.7 Å². The molecule has 1 heterocycles. The molecule has 0 bridgehead atoms. The van der Waals surface area contributed by atoms with E-state index in [9.17, 15) is 9.59 Å². The molecule has 1 aliphatic heterocycles. The molecule has 1 aromatic carbocycles. The van der Waals surface area contributed by atoms with Crippen molar-refractivity contribution in [3.05, 3.63) is 35.9 Å². The molecule has 0 atom stereocenters. The number of nitrogens with one attached hydrogen (secondary N) is 1. The number of nitrogens with zero attached hydrogens (tertiary/aromatic N) is 1. The second-order valence-electron chi connectivity index (χ2n) is 6.78. The maximum absolute atomic E-state index is 12.2. The first kappa shape index (κ1) is 17.5. The number of piperidine rings is 1. The number of hydrogen-bond donors (Lipinski definition) is 1. The molecule has 0 radical (unpaired) electrons. The second kappa shape index (κ2) is 8.70. The van der Waals surface area contributed by atoms with Crippen molar-refractivity contribution in [2.45, 2.75) is 39.5 Å². The normalized spacial score (nSPS) is 15.7. The molecule has 126 valence electrons. The summed E-state index contributed by atoms with van der Waals surface area (Å²) in [5.41, 5.74) is 1.24. The van der Waals surface area contributed by atoms with Crippen LogP contribution in [-0.4, -0.2) is 36.3 Å². The zero-order valence-electron chi connectivity index (χ0n) is 14.3. The third kappa shape index (κ3) is 5.70. The standard InChI is InChI=1S/C19H28N2O2/c1-15(2)14-18(22)21-12-9-17(10-13-21)19(23)20-11-8-16-6-4-3-5-7-16/h3-7,15,17H,8-14H2,1-2H3,(H,20,23). The summed E-state index contributed by atoms with van der Waals surface area (Å²) in [5.74, 6) is 0.801. The lowest BCUT2D eigenvalue weighted by molar-refractivity contribution is -0.136. The molecule has 1 fully saturated rings. The highest BCUT2D eigenvalue weighted by Crippen LogP contribution is 2.19. The van der Waals surface area contributed by atoms with Crippen LogP contribution in [0.3, 0.4) is 0 Å². The molecular weight excluding hydrogens is 288 g/mol. The van der Waals surface area contributed by atoms with Crippen molar-refractivity contribution in [2.75, 3.05) is 19.6 Å². The molecule has 0 spiro atoms. The highest BCUT2D eigenvalue weighted by molar-refractivity contribution is 5.80. The Balaban J connectivity index is 1.68. The van der Waals surface area contributed by atoms with Crippen molar-refractivity contribution in [3.8, 4) is 0 Å². The van der Waals surface area contributed by atoms with Gasteiger partial charge in [0.05, 0.1) is 0 Å². The van der Waals surface area contributed by atoms with Gasteiger partial charge in [0, 0.05) is 32.0 Å². The van der Waals surface area contributed by atoms with Crippen molar-refractivity contribution < 1.29 is 9.59 Å². The van der Waals surface area contributed by atoms with Gasteiger partial charge < -0.3 is 10.2 Å². The van der Waals surface area contributed by atoms with E-state index in [1.165, 1.54) is 5.56 Å². The van der Waals surface area contributed by atoms with Gasteiger partial charge in [-0.2, -0.15) is 0 Å². The maximum Gasteiger partial charge on any atom is 0.223 e. The van der Waals surface area contributed by atoms with Crippen LogP contribution >= 0.6 is 0 Å². The van der Waals surface area contributed by atoms with Gasteiger partial charge in [-0.15, -0.1) is 0 Å². The molecule has 4 heteroatoms. The van der Waals surface area contributed by atoms with E-state index in [-0.39, 0.29) is 17.7 Å².